The SMILES string of the molecule is CC(O)CN(CC(=O)Nc1c(C#N)cnn1-c1ccccc1)C(C)C. The summed E-state index contributed by atoms with van der Waals surface area (Å²) in [5, 5.41) is 25.8. The minimum absolute atomic E-state index is 0.106. The molecule has 132 valence electrons. The Morgan fingerprint density at radius 3 is 2.60 bits per heavy atom. The maximum Gasteiger partial charge on any atom is 0.239 e. The number of aromatic nitrogens is 2. The zero-order chi connectivity index (χ0) is 18.4. The number of nitriles is 1. The molecule has 1 atom stereocenters. The molecule has 0 bridgehead atoms. The Balaban J connectivity index is 2.20. The molecule has 1 heterocycles. The maximum absolute atomic E-state index is 12.5. The highest BCUT2D eigenvalue weighted by molar-refractivity contribution is 5.93. The molecule has 1 aromatic heterocycles. The molecule has 2 N–H and O–H groups in total. The lowest BCUT2D eigenvalue weighted by atomic mass is 10.2. The van der Waals surface area contributed by atoms with E-state index in [9.17, 15) is 15.2 Å². The quantitative estimate of drug-likeness (QED) is 0.800. The summed E-state index contributed by atoms with van der Waals surface area (Å²) in [6.45, 7) is 6.13. The number of aliphatic hydroxyl groups excluding tert-OH is 1. The molecular weight excluding hydrogens is 318 g/mol. The molecule has 7 heteroatoms. The number of hydrogen-bond acceptors (Lipinski definition) is 5. The van der Waals surface area contributed by atoms with Crippen molar-refractivity contribution in [3.05, 3.63) is 42.1 Å². The number of aliphatic hydroxyl groups is 1. The Morgan fingerprint density at radius 1 is 1.36 bits per heavy atom. The van der Waals surface area contributed by atoms with Gasteiger partial charge in [0, 0.05) is 12.6 Å². The molecular formula is C18H23N5O2. The van der Waals surface area contributed by atoms with Crippen LogP contribution in [0.25, 0.3) is 5.69 Å². The second kappa shape index (κ2) is 8.42. The van der Waals surface area contributed by atoms with Crippen molar-refractivity contribution in [3.63, 3.8) is 0 Å². The summed E-state index contributed by atoms with van der Waals surface area (Å²) in [5.74, 6) is 0.0861. The zero-order valence-corrected chi connectivity index (χ0v) is 14.7. The van der Waals surface area contributed by atoms with Gasteiger partial charge in [-0.15, -0.1) is 0 Å². The molecule has 1 amide bonds. The molecule has 0 aliphatic carbocycles. The van der Waals surface area contributed by atoms with Crippen LogP contribution in [0, 0.1) is 11.3 Å². The molecule has 7 nitrogen and oxygen atoms in total. The molecule has 0 fully saturated rings. The average Bonchev–Trinajstić information content (AvgIpc) is 2.97. The van der Waals surface area contributed by atoms with Crippen molar-refractivity contribution in [1.82, 2.24) is 14.7 Å². The van der Waals surface area contributed by atoms with Crippen LogP contribution in [0.5, 0.6) is 0 Å². The van der Waals surface area contributed by atoms with Crippen molar-refractivity contribution in [2.75, 3.05) is 18.4 Å². The third-order valence-electron chi connectivity index (χ3n) is 3.72. The van der Waals surface area contributed by atoms with Gasteiger partial charge in [0.05, 0.1) is 24.5 Å². The molecule has 0 aliphatic rings. The number of hydrogen-bond donors (Lipinski definition) is 2. The van der Waals surface area contributed by atoms with Crippen molar-refractivity contribution < 1.29 is 9.90 Å². The molecule has 0 aliphatic heterocycles. The summed E-state index contributed by atoms with van der Waals surface area (Å²) in [5.41, 5.74) is 1.05. The van der Waals surface area contributed by atoms with Gasteiger partial charge in [0.25, 0.3) is 0 Å². The van der Waals surface area contributed by atoms with Gasteiger partial charge in [-0.2, -0.15) is 10.4 Å². The summed E-state index contributed by atoms with van der Waals surface area (Å²) in [6, 6.07) is 11.4. The first-order valence-electron chi connectivity index (χ1n) is 8.18. The number of nitrogens with zero attached hydrogens (tertiary/aromatic N) is 4. The summed E-state index contributed by atoms with van der Waals surface area (Å²) in [4.78, 5) is 14.3. The lowest BCUT2D eigenvalue weighted by Gasteiger charge is -2.27. The fourth-order valence-electron chi connectivity index (χ4n) is 2.47. The van der Waals surface area contributed by atoms with E-state index in [0.29, 0.717) is 17.9 Å². The molecule has 2 aromatic rings. The second-order valence-corrected chi connectivity index (χ2v) is 6.19. The summed E-state index contributed by atoms with van der Waals surface area (Å²) >= 11 is 0. The smallest absolute Gasteiger partial charge is 0.239 e. The van der Waals surface area contributed by atoms with Crippen LogP contribution >= 0.6 is 0 Å². The van der Waals surface area contributed by atoms with Crippen molar-refractivity contribution in [1.29, 1.82) is 5.26 Å². The van der Waals surface area contributed by atoms with E-state index >= 15 is 0 Å². The van der Waals surface area contributed by atoms with E-state index in [1.807, 2.05) is 55.1 Å². The van der Waals surface area contributed by atoms with E-state index in [1.54, 1.807) is 6.92 Å². The Hall–Kier alpha value is -2.69. The number of rotatable bonds is 7. The van der Waals surface area contributed by atoms with Crippen LogP contribution in [0.1, 0.15) is 26.3 Å². The monoisotopic (exact) mass is 341 g/mol. The van der Waals surface area contributed by atoms with Crippen LogP contribution in [0.3, 0.4) is 0 Å². The van der Waals surface area contributed by atoms with Crippen LogP contribution in [0.2, 0.25) is 0 Å². The van der Waals surface area contributed by atoms with Crippen LogP contribution in [-0.2, 0) is 4.79 Å². The number of carbonyl (C=O) groups is 1. The molecule has 0 spiro atoms. The number of amides is 1. The number of anilines is 1. The lowest BCUT2D eigenvalue weighted by molar-refractivity contribution is -0.118. The Kier molecular flexibility index (Phi) is 6.28. The molecule has 0 saturated heterocycles. The van der Waals surface area contributed by atoms with Crippen LogP contribution < -0.4 is 5.32 Å². The highest BCUT2D eigenvalue weighted by Crippen LogP contribution is 2.19. The highest BCUT2D eigenvalue weighted by Gasteiger charge is 2.19. The van der Waals surface area contributed by atoms with E-state index in [4.69, 9.17) is 0 Å². The number of carbonyl (C=O) groups excluding carboxylic acids is 1. The average molecular weight is 341 g/mol. The zero-order valence-electron chi connectivity index (χ0n) is 14.7. The topological polar surface area (TPSA) is 94.2 Å². The minimum atomic E-state index is -0.528. The Bertz CT molecular complexity index is 747. The van der Waals surface area contributed by atoms with Crippen molar-refractivity contribution in [2.24, 2.45) is 0 Å². The van der Waals surface area contributed by atoms with Crippen LogP contribution in [-0.4, -0.2) is 50.9 Å². The summed E-state index contributed by atoms with van der Waals surface area (Å²) in [7, 11) is 0. The van der Waals surface area contributed by atoms with Gasteiger partial charge in [-0.1, -0.05) is 18.2 Å². The highest BCUT2D eigenvalue weighted by atomic mass is 16.3. The number of benzene rings is 1. The summed E-state index contributed by atoms with van der Waals surface area (Å²) < 4.78 is 1.53. The Morgan fingerprint density at radius 2 is 2.04 bits per heavy atom. The van der Waals surface area contributed by atoms with E-state index in [2.05, 4.69) is 10.4 Å². The van der Waals surface area contributed by atoms with Crippen LogP contribution in [0.15, 0.2) is 36.5 Å². The van der Waals surface area contributed by atoms with Gasteiger partial charge in [-0.3, -0.25) is 9.69 Å². The molecule has 1 unspecified atom stereocenters. The second-order valence-electron chi connectivity index (χ2n) is 6.19. The van der Waals surface area contributed by atoms with Gasteiger partial charge in [-0.05, 0) is 32.9 Å². The standard InChI is InChI=1S/C18H23N5O2/c1-13(2)22(11-14(3)24)12-17(25)21-18-15(9-19)10-20-23(18)16-7-5-4-6-8-16/h4-8,10,13-14,24H,11-12H2,1-3H3,(H,21,25). The van der Waals surface area contributed by atoms with Gasteiger partial charge in [0.15, 0.2) is 5.82 Å². The number of para-hydroxylation sites is 1. The van der Waals surface area contributed by atoms with Gasteiger partial charge >= 0.3 is 0 Å². The van der Waals surface area contributed by atoms with Gasteiger partial charge in [-0.25, -0.2) is 4.68 Å². The van der Waals surface area contributed by atoms with E-state index in [-0.39, 0.29) is 18.5 Å². The predicted molar refractivity (Wildman–Crippen MR) is 95.3 cm³/mol. The van der Waals surface area contributed by atoms with Gasteiger partial charge in [0.2, 0.25) is 5.91 Å². The van der Waals surface area contributed by atoms with E-state index < -0.39 is 6.10 Å². The van der Waals surface area contributed by atoms with Crippen molar-refractivity contribution >= 4 is 11.7 Å². The van der Waals surface area contributed by atoms with E-state index in [0.717, 1.165) is 5.69 Å². The first-order chi connectivity index (χ1) is 11.9. The largest absolute Gasteiger partial charge is 0.392 e. The third-order valence-corrected chi connectivity index (χ3v) is 3.72. The normalized spacial score (nSPS) is 12.2. The first-order valence-corrected chi connectivity index (χ1v) is 8.18. The maximum atomic E-state index is 12.5. The van der Waals surface area contributed by atoms with E-state index in [1.165, 1.54) is 10.9 Å². The summed E-state index contributed by atoms with van der Waals surface area (Å²) in [6.07, 6.45) is 0.901. The fourth-order valence-corrected chi connectivity index (χ4v) is 2.47. The van der Waals surface area contributed by atoms with Gasteiger partial charge in [0.1, 0.15) is 11.6 Å². The fraction of sp³-hybridized carbons (Fsp3) is 0.389. The first kappa shape index (κ1) is 18.6. The lowest BCUT2D eigenvalue weighted by Crippen LogP contribution is -2.42. The van der Waals surface area contributed by atoms with Crippen molar-refractivity contribution in [3.8, 4) is 11.8 Å². The molecule has 0 saturated carbocycles. The molecule has 1 aromatic carbocycles. The molecule has 0 radical (unpaired) electrons. The third kappa shape index (κ3) is 4.89. The number of nitrogens with one attached hydrogen (secondary N) is 1. The van der Waals surface area contributed by atoms with Crippen LogP contribution in [0.4, 0.5) is 5.82 Å². The van der Waals surface area contributed by atoms with Crippen molar-refractivity contribution in [2.45, 2.75) is 32.9 Å². The minimum Gasteiger partial charge on any atom is -0.392 e. The Labute approximate surface area is 147 Å². The predicted octanol–water partition coefficient (Wildman–Crippen LogP) is 1.77. The molecule has 25 heavy (non-hydrogen) atoms. The van der Waals surface area contributed by atoms with Gasteiger partial charge < -0.3 is 10.4 Å². The molecule has 2 rings (SSSR count).